The second-order valence-corrected chi connectivity index (χ2v) is 13.3. The molecule has 5 nitrogen and oxygen atoms in total. The van der Waals surface area contributed by atoms with Crippen molar-refractivity contribution in [1.29, 1.82) is 0 Å². The average Bonchev–Trinajstić information content (AvgIpc) is 3.75. The molecule has 0 amide bonds. The molecule has 11 aromatic rings. The van der Waals surface area contributed by atoms with Crippen LogP contribution >= 0.6 is 0 Å². The summed E-state index contributed by atoms with van der Waals surface area (Å²) in [6.45, 7) is 0. The Morgan fingerprint density at radius 1 is 0.385 bits per heavy atom. The van der Waals surface area contributed by atoms with E-state index in [0.717, 1.165) is 76.8 Å². The van der Waals surface area contributed by atoms with Crippen LogP contribution in [0.3, 0.4) is 0 Å². The molecule has 0 aliphatic rings. The first-order valence-corrected chi connectivity index (χ1v) is 17.4. The number of furan rings is 1. The molecular weight excluding hydrogens is 637 g/mol. The Kier molecular flexibility index (Phi) is 6.18. The van der Waals surface area contributed by atoms with E-state index in [1.54, 1.807) is 0 Å². The van der Waals surface area contributed by atoms with Crippen LogP contribution in [0.25, 0.3) is 105 Å². The molecule has 0 spiro atoms. The number of nitrogens with zero attached hydrogens (tertiary/aromatic N) is 4. The SMILES string of the molecule is c1ccc(-c2nc(-c3ccc4ccccc4c3)nc(-n3c4cc5ccccc5cc4c4cccc(-c5ccc6oc7ccccc7c6c5)c43)n2)cc1. The molecule has 0 radical (unpaired) electrons. The minimum atomic E-state index is 0.564. The van der Waals surface area contributed by atoms with Crippen LogP contribution in [-0.2, 0) is 0 Å². The van der Waals surface area contributed by atoms with Crippen molar-refractivity contribution in [1.82, 2.24) is 19.5 Å². The minimum Gasteiger partial charge on any atom is -0.456 e. The van der Waals surface area contributed by atoms with Gasteiger partial charge in [-0.1, -0.05) is 133 Å². The summed E-state index contributed by atoms with van der Waals surface area (Å²) in [5.74, 6) is 1.80. The van der Waals surface area contributed by atoms with Gasteiger partial charge in [0, 0.05) is 38.2 Å². The Morgan fingerprint density at radius 2 is 1.04 bits per heavy atom. The van der Waals surface area contributed by atoms with Crippen LogP contribution in [0.15, 0.2) is 174 Å². The highest BCUT2D eigenvalue weighted by molar-refractivity contribution is 6.17. The van der Waals surface area contributed by atoms with Gasteiger partial charge < -0.3 is 4.42 Å². The summed E-state index contributed by atoms with van der Waals surface area (Å²) in [5.41, 5.74) is 7.85. The molecule has 11 rings (SSSR count). The number of rotatable bonds is 4. The molecule has 0 fully saturated rings. The third kappa shape index (κ3) is 4.46. The highest BCUT2D eigenvalue weighted by atomic mass is 16.3. The van der Waals surface area contributed by atoms with Crippen molar-refractivity contribution in [3.8, 4) is 39.9 Å². The highest BCUT2D eigenvalue weighted by Crippen LogP contribution is 2.41. The maximum atomic E-state index is 6.22. The Labute approximate surface area is 298 Å². The van der Waals surface area contributed by atoms with E-state index in [9.17, 15) is 0 Å². The van der Waals surface area contributed by atoms with Crippen molar-refractivity contribution >= 4 is 65.3 Å². The van der Waals surface area contributed by atoms with Gasteiger partial charge in [-0.15, -0.1) is 0 Å². The smallest absolute Gasteiger partial charge is 0.238 e. The van der Waals surface area contributed by atoms with Gasteiger partial charge in [-0.05, 0) is 63.5 Å². The van der Waals surface area contributed by atoms with Crippen LogP contribution in [0, 0.1) is 0 Å². The van der Waals surface area contributed by atoms with Gasteiger partial charge in [0.05, 0.1) is 11.0 Å². The van der Waals surface area contributed by atoms with E-state index in [4.69, 9.17) is 19.4 Å². The molecular formula is C47H28N4O. The highest BCUT2D eigenvalue weighted by Gasteiger charge is 2.22. The van der Waals surface area contributed by atoms with E-state index in [-0.39, 0.29) is 0 Å². The van der Waals surface area contributed by atoms with E-state index < -0.39 is 0 Å². The van der Waals surface area contributed by atoms with Gasteiger partial charge >= 0.3 is 0 Å². The molecule has 0 saturated heterocycles. The van der Waals surface area contributed by atoms with Crippen molar-refractivity contribution < 1.29 is 4.42 Å². The van der Waals surface area contributed by atoms with Crippen LogP contribution < -0.4 is 0 Å². The van der Waals surface area contributed by atoms with Crippen molar-refractivity contribution in [2.24, 2.45) is 0 Å². The molecule has 0 bridgehead atoms. The summed E-state index contributed by atoms with van der Waals surface area (Å²) < 4.78 is 8.46. The predicted octanol–water partition coefficient (Wildman–Crippen LogP) is 12.2. The van der Waals surface area contributed by atoms with Crippen molar-refractivity contribution in [2.75, 3.05) is 0 Å². The molecule has 8 aromatic carbocycles. The van der Waals surface area contributed by atoms with E-state index in [2.05, 4.69) is 144 Å². The molecule has 0 unspecified atom stereocenters. The van der Waals surface area contributed by atoms with Gasteiger partial charge in [0.15, 0.2) is 11.6 Å². The molecule has 3 heterocycles. The fraction of sp³-hybridized carbons (Fsp3) is 0. The number of benzene rings is 8. The first kappa shape index (κ1) is 28.7. The lowest BCUT2D eigenvalue weighted by Gasteiger charge is -2.13. The number of aromatic nitrogens is 4. The molecule has 0 aliphatic carbocycles. The van der Waals surface area contributed by atoms with E-state index in [0.29, 0.717) is 17.6 Å². The lowest BCUT2D eigenvalue weighted by Crippen LogP contribution is -2.07. The van der Waals surface area contributed by atoms with Crippen molar-refractivity contribution in [2.45, 2.75) is 0 Å². The summed E-state index contributed by atoms with van der Waals surface area (Å²) in [5, 5.41) is 9.10. The Morgan fingerprint density at radius 3 is 1.88 bits per heavy atom. The van der Waals surface area contributed by atoms with Gasteiger partial charge in [-0.25, -0.2) is 4.98 Å². The first-order valence-electron chi connectivity index (χ1n) is 17.4. The Hall–Kier alpha value is -7.11. The van der Waals surface area contributed by atoms with Crippen LogP contribution in [0.2, 0.25) is 0 Å². The monoisotopic (exact) mass is 664 g/mol. The van der Waals surface area contributed by atoms with Crippen LogP contribution in [0.5, 0.6) is 0 Å². The number of fused-ring (bicyclic) bond motifs is 8. The lowest BCUT2D eigenvalue weighted by molar-refractivity contribution is 0.669. The number of para-hydroxylation sites is 2. The molecule has 0 atom stereocenters. The predicted molar refractivity (Wildman–Crippen MR) is 213 cm³/mol. The van der Waals surface area contributed by atoms with Gasteiger partial charge in [0.2, 0.25) is 5.95 Å². The normalized spacial score (nSPS) is 11.8. The molecule has 3 aromatic heterocycles. The van der Waals surface area contributed by atoms with Crippen molar-refractivity contribution in [3.05, 3.63) is 170 Å². The van der Waals surface area contributed by atoms with Crippen LogP contribution in [0.1, 0.15) is 0 Å². The zero-order valence-corrected chi connectivity index (χ0v) is 27.9. The van der Waals surface area contributed by atoms with E-state index >= 15 is 0 Å². The fourth-order valence-corrected chi connectivity index (χ4v) is 7.72. The van der Waals surface area contributed by atoms with Crippen LogP contribution in [-0.4, -0.2) is 19.5 Å². The summed E-state index contributed by atoms with van der Waals surface area (Å²) >= 11 is 0. The molecule has 0 aliphatic heterocycles. The van der Waals surface area contributed by atoms with Gasteiger partial charge in [-0.2, -0.15) is 9.97 Å². The first-order chi connectivity index (χ1) is 25.7. The molecule has 52 heavy (non-hydrogen) atoms. The molecule has 0 saturated carbocycles. The molecule has 242 valence electrons. The maximum absolute atomic E-state index is 6.22. The summed E-state index contributed by atoms with van der Waals surface area (Å²) in [6, 6.07) is 59.3. The maximum Gasteiger partial charge on any atom is 0.238 e. The Balaban J connectivity index is 1.25. The van der Waals surface area contributed by atoms with E-state index in [1.807, 2.05) is 30.3 Å². The largest absolute Gasteiger partial charge is 0.456 e. The van der Waals surface area contributed by atoms with Gasteiger partial charge in [-0.3, -0.25) is 4.57 Å². The number of hydrogen-bond acceptors (Lipinski definition) is 4. The third-order valence-electron chi connectivity index (χ3n) is 10.2. The quantitative estimate of drug-likeness (QED) is 0.188. The molecule has 0 N–H and O–H groups in total. The fourth-order valence-electron chi connectivity index (χ4n) is 7.72. The zero-order valence-electron chi connectivity index (χ0n) is 27.9. The third-order valence-corrected chi connectivity index (χ3v) is 10.2. The van der Waals surface area contributed by atoms with Crippen molar-refractivity contribution in [3.63, 3.8) is 0 Å². The van der Waals surface area contributed by atoms with Crippen LogP contribution in [0.4, 0.5) is 0 Å². The Bertz CT molecular complexity index is 3190. The minimum absolute atomic E-state index is 0.564. The zero-order chi connectivity index (χ0) is 34.2. The average molecular weight is 665 g/mol. The second-order valence-electron chi connectivity index (χ2n) is 13.3. The summed E-state index contributed by atoms with van der Waals surface area (Å²) in [4.78, 5) is 15.7. The summed E-state index contributed by atoms with van der Waals surface area (Å²) in [6.07, 6.45) is 0. The topological polar surface area (TPSA) is 56.7 Å². The second kappa shape index (κ2) is 11.2. The van der Waals surface area contributed by atoms with Gasteiger partial charge in [0.25, 0.3) is 0 Å². The standard InChI is InChI=1S/C47H28N4O/c1-2-12-30(13-3-1)45-48-46(35-22-21-29-11-4-5-14-31(29)25-35)50-47(49-45)51-41-28-33-16-7-6-15-32(33)26-39(41)38-19-10-18-36(44(38)51)34-23-24-43-40(27-34)37-17-8-9-20-42(37)52-43/h1-28H. The lowest BCUT2D eigenvalue weighted by atomic mass is 9.99. The van der Waals surface area contributed by atoms with Gasteiger partial charge in [0.1, 0.15) is 11.2 Å². The molecule has 5 heteroatoms. The van der Waals surface area contributed by atoms with E-state index in [1.165, 1.54) is 10.8 Å². The summed E-state index contributed by atoms with van der Waals surface area (Å²) in [7, 11) is 0. The number of hydrogen-bond donors (Lipinski definition) is 0.